The van der Waals surface area contributed by atoms with Gasteiger partial charge in [-0.3, -0.25) is 14.5 Å². The van der Waals surface area contributed by atoms with Gasteiger partial charge in [0.25, 0.3) is 0 Å². The highest BCUT2D eigenvalue weighted by atomic mass is 19.1. The molecule has 2 amide bonds. The molecule has 4 N–H and O–H groups in total. The summed E-state index contributed by atoms with van der Waals surface area (Å²) in [5.74, 6) is -1.57. The lowest BCUT2D eigenvalue weighted by atomic mass is 9.45. The van der Waals surface area contributed by atoms with E-state index in [1.165, 1.54) is 0 Å². The van der Waals surface area contributed by atoms with Crippen LogP contribution < -0.4 is 10.6 Å². The van der Waals surface area contributed by atoms with Gasteiger partial charge < -0.3 is 35.3 Å². The van der Waals surface area contributed by atoms with E-state index in [9.17, 15) is 24.6 Å². The molecule has 45 heavy (non-hydrogen) atoms. The van der Waals surface area contributed by atoms with E-state index in [0.29, 0.717) is 52.5 Å². The molecular weight excluding hydrogens is 576 g/mol. The standard InChI is InChI=1S/C31H40B3FN4O6/c1-20-9-7-12-24(23(20)15-39(19-41)30(33,26(42)36-6)31(34,44)29(32,43)18-40)37-13-21-10-8-11-22(25(21)35)14-38-16-27(2,3)45-28(4,5)17-38/h7-12,18-19,37,43-44H,13-17H2,1-6H3,(H,36,42). The zero-order valence-corrected chi connectivity index (χ0v) is 26.7. The molecule has 1 saturated heterocycles. The van der Waals surface area contributed by atoms with Crippen molar-refractivity contribution in [2.24, 2.45) is 0 Å². The van der Waals surface area contributed by atoms with Crippen molar-refractivity contribution in [3.05, 3.63) is 64.5 Å². The number of nitrogens with one attached hydrogen (secondary N) is 2. The molecule has 0 aliphatic carbocycles. The molecule has 1 aliphatic rings. The van der Waals surface area contributed by atoms with Crippen LogP contribution in [0.2, 0.25) is 0 Å². The largest absolute Gasteiger partial charge is 0.395 e. The number of likely N-dealkylation sites (N-methyl/N-ethyl adjacent to an activating group) is 1. The number of amides is 2. The van der Waals surface area contributed by atoms with Crippen molar-refractivity contribution in [2.45, 2.75) is 81.9 Å². The maximum Gasteiger partial charge on any atom is 0.238 e. The van der Waals surface area contributed by atoms with Crippen LogP contribution in [0, 0.1) is 12.7 Å². The molecule has 3 rings (SSSR count). The third kappa shape index (κ3) is 7.46. The Morgan fingerprint density at radius 1 is 1.07 bits per heavy atom. The van der Waals surface area contributed by atoms with Crippen molar-refractivity contribution >= 4 is 47.8 Å². The Morgan fingerprint density at radius 3 is 2.20 bits per heavy atom. The number of carbonyl (C=O) groups is 3. The van der Waals surface area contributed by atoms with Gasteiger partial charge >= 0.3 is 0 Å². The van der Waals surface area contributed by atoms with Crippen LogP contribution in [0.1, 0.15) is 49.9 Å². The summed E-state index contributed by atoms with van der Waals surface area (Å²) in [6.45, 7) is 11.1. The van der Waals surface area contributed by atoms with Crippen molar-refractivity contribution in [2.75, 3.05) is 25.5 Å². The number of carbonyl (C=O) groups excluding carboxylic acids is 3. The molecule has 1 fully saturated rings. The molecule has 6 radical (unpaired) electrons. The summed E-state index contributed by atoms with van der Waals surface area (Å²) >= 11 is 0. The van der Waals surface area contributed by atoms with E-state index in [-0.39, 0.29) is 36.3 Å². The Balaban J connectivity index is 1.91. The topological polar surface area (TPSA) is 131 Å². The van der Waals surface area contributed by atoms with Crippen LogP contribution in [0.25, 0.3) is 0 Å². The minimum Gasteiger partial charge on any atom is -0.395 e. The second kappa shape index (κ2) is 13.3. The fourth-order valence-corrected chi connectivity index (χ4v) is 5.98. The first-order chi connectivity index (χ1) is 20.7. The van der Waals surface area contributed by atoms with Crippen molar-refractivity contribution < 1.29 is 33.7 Å². The number of anilines is 1. The van der Waals surface area contributed by atoms with Gasteiger partial charge in [-0.05, 0) is 51.8 Å². The predicted octanol–water partition coefficient (Wildman–Crippen LogP) is 0.618. The molecule has 0 bridgehead atoms. The van der Waals surface area contributed by atoms with Crippen LogP contribution >= 0.6 is 0 Å². The Hall–Kier alpha value is -3.19. The van der Waals surface area contributed by atoms with E-state index in [1.807, 2.05) is 27.7 Å². The number of benzene rings is 2. The van der Waals surface area contributed by atoms with E-state index in [4.69, 9.17) is 28.3 Å². The lowest BCUT2D eigenvalue weighted by molar-refractivity contribution is -0.182. The summed E-state index contributed by atoms with van der Waals surface area (Å²) in [6.07, 6.45) is -0.147. The second-order valence-electron chi connectivity index (χ2n) is 12.9. The molecule has 0 saturated carbocycles. The summed E-state index contributed by atoms with van der Waals surface area (Å²) < 4.78 is 22.0. The fraction of sp³-hybridized carbons (Fsp3) is 0.516. The van der Waals surface area contributed by atoms with Crippen LogP contribution in [0.15, 0.2) is 36.4 Å². The Bertz CT molecular complexity index is 1410. The molecular formula is C31H40B3FN4O6. The number of ether oxygens (including phenoxy) is 1. The van der Waals surface area contributed by atoms with Gasteiger partial charge in [0.2, 0.25) is 12.3 Å². The Labute approximate surface area is 268 Å². The SMILES string of the molecule is [B]C(O)(C=O)C([B])(O)C([B])(C(=O)NC)N(C=O)Cc1c(C)cccc1NCc1cccc(CN2CC(C)(C)OC(C)(C)C2)c1F. The summed E-state index contributed by atoms with van der Waals surface area (Å²) in [5.41, 5.74) is -7.80. The molecule has 2 aromatic rings. The summed E-state index contributed by atoms with van der Waals surface area (Å²) in [6, 6.07) is 10.3. The van der Waals surface area contributed by atoms with Gasteiger partial charge in [-0.2, -0.15) is 0 Å². The second-order valence-corrected chi connectivity index (χ2v) is 12.9. The normalized spacial score (nSPS) is 20.1. The Kier molecular flexibility index (Phi) is 10.7. The van der Waals surface area contributed by atoms with Crippen molar-refractivity contribution in [1.29, 1.82) is 0 Å². The molecule has 14 heteroatoms. The molecule has 0 aromatic heterocycles. The van der Waals surface area contributed by atoms with Crippen LogP contribution in [0.4, 0.5) is 10.1 Å². The first-order valence-electron chi connectivity index (χ1n) is 14.5. The number of hydrogen-bond acceptors (Lipinski definition) is 8. The van der Waals surface area contributed by atoms with Gasteiger partial charge in [-0.1, -0.05) is 30.3 Å². The van der Waals surface area contributed by atoms with Gasteiger partial charge in [0, 0.05) is 56.6 Å². The zero-order chi connectivity index (χ0) is 34.0. The number of halogens is 1. The zero-order valence-electron chi connectivity index (χ0n) is 26.7. The molecule has 0 spiro atoms. The third-order valence-corrected chi connectivity index (χ3v) is 8.05. The van der Waals surface area contributed by atoms with Gasteiger partial charge in [0.05, 0.1) is 22.2 Å². The summed E-state index contributed by atoms with van der Waals surface area (Å²) in [4.78, 5) is 39.6. The molecule has 1 heterocycles. The lowest BCUT2D eigenvalue weighted by Crippen LogP contribution is -2.79. The van der Waals surface area contributed by atoms with Crippen LogP contribution in [-0.2, 0) is 38.8 Å². The van der Waals surface area contributed by atoms with Crippen LogP contribution in [0.5, 0.6) is 0 Å². The number of hydrogen-bond donors (Lipinski definition) is 4. The van der Waals surface area contributed by atoms with E-state index in [2.05, 4.69) is 15.5 Å². The number of aryl methyl sites for hydroxylation is 1. The highest BCUT2D eigenvalue weighted by Crippen LogP contribution is 2.34. The number of aldehydes is 1. The minimum absolute atomic E-state index is 0.0645. The Morgan fingerprint density at radius 2 is 1.64 bits per heavy atom. The van der Waals surface area contributed by atoms with Crippen LogP contribution in [-0.4, -0.2) is 110 Å². The van der Waals surface area contributed by atoms with E-state index in [0.717, 1.165) is 7.05 Å². The van der Waals surface area contributed by atoms with Crippen molar-refractivity contribution in [1.82, 2.24) is 15.1 Å². The highest BCUT2D eigenvalue weighted by Gasteiger charge is 2.59. The average molecular weight is 616 g/mol. The maximum absolute atomic E-state index is 15.8. The smallest absolute Gasteiger partial charge is 0.238 e. The molecule has 3 unspecified atom stereocenters. The van der Waals surface area contributed by atoms with E-state index in [1.54, 1.807) is 43.3 Å². The van der Waals surface area contributed by atoms with Crippen molar-refractivity contribution in [3.63, 3.8) is 0 Å². The van der Waals surface area contributed by atoms with Gasteiger partial charge in [0.15, 0.2) is 0 Å². The molecule has 236 valence electrons. The predicted molar refractivity (Wildman–Crippen MR) is 171 cm³/mol. The average Bonchev–Trinajstić information content (AvgIpc) is 2.94. The van der Waals surface area contributed by atoms with Gasteiger partial charge in [-0.25, -0.2) is 4.39 Å². The van der Waals surface area contributed by atoms with Crippen molar-refractivity contribution in [3.8, 4) is 0 Å². The maximum atomic E-state index is 15.8. The number of rotatable bonds is 13. The van der Waals surface area contributed by atoms with Gasteiger partial charge in [-0.15, -0.1) is 0 Å². The molecule has 10 nitrogen and oxygen atoms in total. The number of aliphatic hydroxyl groups is 2. The van der Waals surface area contributed by atoms with Crippen LogP contribution in [0.3, 0.4) is 0 Å². The fourth-order valence-electron chi connectivity index (χ4n) is 5.98. The first kappa shape index (κ1) is 36.3. The van der Waals surface area contributed by atoms with E-state index >= 15 is 4.39 Å². The third-order valence-electron chi connectivity index (χ3n) is 8.05. The minimum atomic E-state index is -3.34. The lowest BCUT2D eigenvalue weighted by Gasteiger charge is -2.53. The monoisotopic (exact) mass is 616 g/mol. The quantitative estimate of drug-likeness (QED) is 0.191. The number of morpholine rings is 1. The van der Waals surface area contributed by atoms with Gasteiger partial charge in [0.1, 0.15) is 41.1 Å². The van der Waals surface area contributed by atoms with E-state index < -0.39 is 28.9 Å². The molecule has 3 atom stereocenters. The first-order valence-corrected chi connectivity index (χ1v) is 14.5. The summed E-state index contributed by atoms with van der Waals surface area (Å²) in [5, 5.41) is 26.7. The highest BCUT2D eigenvalue weighted by molar-refractivity contribution is 6.41. The molecule has 2 aromatic carbocycles. The molecule has 1 aliphatic heterocycles. The summed E-state index contributed by atoms with van der Waals surface area (Å²) in [7, 11) is 18.7. The number of nitrogens with zero attached hydrogens (tertiary/aromatic N) is 2.